The van der Waals surface area contributed by atoms with Crippen LogP contribution in [0.5, 0.6) is 0 Å². The van der Waals surface area contributed by atoms with Gasteiger partial charge in [0.2, 0.25) is 0 Å². The molecule has 0 aromatic heterocycles. The minimum Gasteiger partial charge on any atom is -0.480 e. The van der Waals surface area contributed by atoms with Crippen molar-refractivity contribution < 1.29 is 14.7 Å². The first-order chi connectivity index (χ1) is 9.42. The minimum atomic E-state index is -0.975. The monoisotopic (exact) mass is 305 g/mol. The third-order valence-electron chi connectivity index (χ3n) is 2.91. The molecule has 0 bridgehead atoms. The van der Waals surface area contributed by atoms with Crippen LogP contribution >= 0.6 is 11.8 Å². The van der Waals surface area contributed by atoms with Crippen molar-refractivity contribution >= 4 is 23.8 Å². The zero-order valence-electron chi connectivity index (χ0n) is 12.9. The number of nitrogens with zero attached hydrogens (tertiary/aromatic N) is 2. The van der Waals surface area contributed by atoms with E-state index in [2.05, 4.69) is 10.2 Å². The Balaban J connectivity index is 4.31. The maximum atomic E-state index is 12.1. The summed E-state index contributed by atoms with van der Waals surface area (Å²) in [5.41, 5.74) is 0. The second-order valence-electron chi connectivity index (χ2n) is 4.86. The number of hydrogen-bond acceptors (Lipinski definition) is 4. The molecule has 0 rings (SSSR count). The van der Waals surface area contributed by atoms with Gasteiger partial charge in [-0.25, -0.2) is 9.59 Å². The van der Waals surface area contributed by atoms with Crippen LogP contribution in [0.25, 0.3) is 0 Å². The predicted octanol–water partition coefficient (Wildman–Crippen LogP) is 1.18. The molecule has 2 amide bonds. The van der Waals surface area contributed by atoms with E-state index in [-0.39, 0.29) is 6.03 Å². The summed E-state index contributed by atoms with van der Waals surface area (Å²) in [5, 5.41) is 11.7. The smallest absolute Gasteiger partial charge is 0.326 e. The van der Waals surface area contributed by atoms with E-state index in [1.165, 1.54) is 0 Å². The van der Waals surface area contributed by atoms with Gasteiger partial charge in [-0.15, -0.1) is 0 Å². The molecule has 0 aliphatic carbocycles. The van der Waals surface area contributed by atoms with E-state index in [9.17, 15) is 9.59 Å². The Kier molecular flexibility index (Phi) is 10.3. The average Bonchev–Trinajstić information content (AvgIpc) is 2.38. The zero-order valence-corrected chi connectivity index (χ0v) is 13.7. The molecule has 0 spiro atoms. The Morgan fingerprint density at radius 1 is 1.30 bits per heavy atom. The van der Waals surface area contributed by atoms with Crippen molar-refractivity contribution in [1.29, 1.82) is 0 Å². The van der Waals surface area contributed by atoms with Gasteiger partial charge in [0.1, 0.15) is 6.04 Å². The van der Waals surface area contributed by atoms with E-state index in [0.717, 1.165) is 13.0 Å². The molecule has 0 aromatic carbocycles. The number of hydrogen-bond donors (Lipinski definition) is 2. The highest BCUT2D eigenvalue weighted by Gasteiger charge is 2.21. The van der Waals surface area contributed by atoms with Crippen molar-refractivity contribution in [3.05, 3.63) is 0 Å². The van der Waals surface area contributed by atoms with Gasteiger partial charge in [0.05, 0.1) is 0 Å². The molecular weight excluding hydrogens is 278 g/mol. The molecule has 0 aliphatic rings. The molecule has 2 N–H and O–H groups in total. The summed E-state index contributed by atoms with van der Waals surface area (Å²) in [6, 6.07) is -1.10. The highest BCUT2D eigenvalue weighted by Crippen LogP contribution is 2.03. The SMILES string of the molecule is CCN(CCCN(C)C)C(=O)NC(CCSC)C(=O)O. The highest BCUT2D eigenvalue weighted by molar-refractivity contribution is 7.98. The highest BCUT2D eigenvalue weighted by atomic mass is 32.2. The van der Waals surface area contributed by atoms with E-state index < -0.39 is 12.0 Å². The predicted molar refractivity (Wildman–Crippen MR) is 83.4 cm³/mol. The maximum Gasteiger partial charge on any atom is 0.326 e. The number of carbonyl (C=O) groups excluding carboxylic acids is 1. The van der Waals surface area contributed by atoms with Crippen molar-refractivity contribution in [2.24, 2.45) is 0 Å². The lowest BCUT2D eigenvalue weighted by Crippen LogP contribution is -2.48. The second kappa shape index (κ2) is 10.8. The summed E-state index contributed by atoms with van der Waals surface area (Å²) in [4.78, 5) is 26.9. The molecule has 0 saturated heterocycles. The molecule has 118 valence electrons. The number of carbonyl (C=O) groups is 2. The fourth-order valence-electron chi connectivity index (χ4n) is 1.71. The molecular formula is C13H27N3O3S. The average molecular weight is 305 g/mol. The topological polar surface area (TPSA) is 72.9 Å². The van der Waals surface area contributed by atoms with Crippen molar-refractivity contribution in [3.63, 3.8) is 0 Å². The Morgan fingerprint density at radius 3 is 2.40 bits per heavy atom. The quantitative estimate of drug-likeness (QED) is 0.634. The van der Waals surface area contributed by atoms with Crippen LogP contribution in [0.15, 0.2) is 0 Å². The van der Waals surface area contributed by atoms with E-state index in [1.54, 1.807) is 16.7 Å². The van der Waals surface area contributed by atoms with Gasteiger partial charge in [0, 0.05) is 13.1 Å². The van der Waals surface area contributed by atoms with Crippen LogP contribution in [-0.2, 0) is 4.79 Å². The molecule has 0 saturated carbocycles. The molecule has 7 heteroatoms. The first-order valence-electron chi connectivity index (χ1n) is 6.84. The van der Waals surface area contributed by atoms with Crippen molar-refractivity contribution in [1.82, 2.24) is 15.1 Å². The number of aliphatic carboxylic acids is 1. The van der Waals surface area contributed by atoms with Crippen LogP contribution in [0.4, 0.5) is 4.79 Å². The van der Waals surface area contributed by atoms with Crippen molar-refractivity contribution in [2.75, 3.05) is 45.7 Å². The van der Waals surface area contributed by atoms with Gasteiger partial charge in [-0.2, -0.15) is 11.8 Å². The molecule has 0 aromatic rings. The Morgan fingerprint density at radius 2 is 1.95 bits per heavy atom. The summed E-state index contributed by atoms with van der Waals surface area (Å²) in [6.07, 6.45) is 3.23. The molecule has 0 fully saturated rings. The summed E-state index contributed by atoms with van der Waals surface area (Å²) in [6.45, 7) is 4.01. The third kappa shape index (κ3) is 8.27. The largest absolute Gasteiger partial charge is 0.480 e. The van der Waals surface area contributed by atoms with Gasteiger partial charge in [0.15, 0.2) is 0 Å². The summed E-state index contributed by atoms with van der Waals surface area (Å²) in [5.74, 6) is -0.263. The van der Waals surface area contributed by atoms with Crippen LogP contribution in [0.3, 0.4) is 0 Å². The van der Waals surface area contributed by atoms with Gasteiger partial charge in [-0.05, 0) is 52.4 Å². The number of carboxylic acid groups (broad SMARTS) is 1. The van der Waals surface area contributed by atoms with Crippen LogP contribution in [0, 0.1) is 0 Å². The Hall–Kier alpha value is -0.950. The first kappa shape index (κ1) is 19.1. The number of thioether (sulfide) groups is 1. The molecule has 1 atom stereocenters. The van der Waals surface area contributed by atoms with Crippen LogP contribution in [-0.4, -0.2) is 78.7 Å². The van der Waals surface area contributed by atoms with Crippen LogP contribution < -0.4 is 5.32 Å². The maximum absolute atomic E-state index is 12.1. The zero-order chi connectivity index (χ0) is 15.5. The number of urea groups is 1. The van der Waals surface area contributed by atoms with Crippen molar-refractivity contribution in [3.8, 4) is 0 Å². The van der Waals surface area contributed by atoms with Crippen molar-refractivity contribution in [2.45, 2.75) is 25.8 Å². The third-order valence-corrected chi connectivity index (χ3v) is 3.55. The normalized spacial score (nSPS) is 12.2. The standard InChI is InChI=1S/C13H27N3O3S/c1-5-16(9-6-8-15(2)3)13(19)14-11(12(17)18)7-10-20-4/h11H,5-10H2,1-4H3,(H,14,19)(H,17,18). The second-order valence-corrected chi connectivity index (χ2v) is 5.84. The summed E-state index contributed by atoms with van der Waals surface area (Å²) >= 11 is 1.57. The van der Waals surface area contributed by atoms with E-state index in [0.29, 0.717) is 25.3 Å². The number of rotatable bonds is 10. The molecule has 0 radical (unpaired) electrons. The molecule has 6 nitrogen and oxygen atoms in total. The van der Waals surface area contributed by atoms with E-state index >= 15 is 0 Å². The van der Waals surface area contributed by atoms with Gasteiger partial charge in [0.25, 0.3) is 0 Å². The molecule has 0 heterocycles. The Bertz CT molecular complexity index is 301. The molecule has 1 unspecified atom stereocenters. The minimum absolute atomic E-state index is 0.292. The molecule has 20 heavy (non-hydrogen) atoms. The van der Waals surface area contributed by atoms with Crippen LogP contribution in [0.1, 0.15) is 19.8 Å². The fourth-order valence-corrected chi connectivity index (χ4v) is 2.19. The Labute approximate surface area is 125 Å². The summed E-state index contributed by atoms with van der Waals surface area (Å²) < 4.78 is 0. The number of amides is 2. The molecule has 0 aliphatic heterocycles. The van der Waals surface area contributed by atoms with Gasteiger partial charge in [-0.3, -0.25) is 0 Å². The van der Waals surface area contributed by atoms with Gasteiger partial charge in [-0.1, -0.05) is 0 Å². The lowest BCUT2D eigenvalue weighted by molar-refractivity contribution is -0.139. The van der Waals surface area contributed by atoms with Gasteiger partial charge >= 0.3 is 12.0 Å². The first-order valence-corrected chi connectivity index (χ1v) is 8.23. The van der Waals surface area contributed by atoms with Crippen LogP contribution in [0.2, 0.25) is 0 Å². The van der Waals surface area contributed by atoms with E-state index in [1.807, 2.05) is 27.3 Å². The number of nitrogens with one attached hydrogen (secondary N) is 1. The lowest BCUT2D eigenvalue weighted by Gasteiger charge is -2.24. The fraction of sp³-hybridized carbons (Fsp3) is 0.846. The summed E-state index contributed by atoms with van der Waals surface area (Å²) in [7, 11) is 3.97. The lowest BCUT2D eigenvalue weighted by atomic mass is 10.2. The number of carboxylic acids is 1. The van der Waals surface area contributed by atoms with E-state index in [4.69, 9.17) is 5.11 Å². The van der Waals surface area contributed by atoms with Gasteiger partial charge < -0.3 is 20.2 Å².